The molecular formula is C15H28O7. The maximum atomic E-state index is 9.30. The second kappa shape index (κ2) is 15.1. The van der Waals surface area contributed by atoms with Gasteiger partial charge in [0.1, 0.15) is 18.3 Å². The second-order valence-electron chi connectivity index (χ2n) is 4.58. The molecule has 0 radical (unpaired) electrons. The molecular weight excluding hydrogens is 292 g/mol. The molecule has 0 aliphatic rings. The van der Waals surface area contributed by atoms with Gasteiger partial charge in [0.25, 0.3) is 0 Å². The lowest BCUT2D eigenvalue weighted by molar-refractivity contribution is -0.113. The standard InChI is InChI=1S/C15H28O7/c1-3-5-19-10-14(8-17)22-12-15(11-20-6-4-2)21-9-13(18)7-16/h3-4,13-18H,1-2,5-12H2. The smallest absolute Gasteiger partial charge is 0.104 e. The fourth-order valence-corrected chi connectivity index (χ4v) is 1.41. The van der Waals surface area contributed by atoms with Gasteiger partial charge in [-0.2, -0.15) is 0 Å². The van der Waals surface area contributed by atoms with E-state index >= 15 is 0 Å². The minimum atomic E-state index is -0.952. The van der Waals surface area contributed by atoms with Crippen LogP contribution in [0.4, 0.5) is 0 Å². The third-order valence-electron chi connectivity index (χ3n) is 2.54. The van der Waals surface area contributed by atoms with E-state index in [1.54, 1.807) is 12.2 Å². The van der Waals surface area contributed by atoms with Crippen molar-refractivity contribution in [2.45, 2.75) is 18.3 Å². The zero-order valence-corrected chi connectivity index (χ0v) is 12.9. The van der Waals surface area contributed by atoms with Gasteiger partial charge in [-0.05, 0) is 0 Å². The number of aliphatic hydroxyl groups is 3. The van der Waals surface area contributed by atoms with Gasteiger partial charge in [-0.25, -0.2) is 0 Å². The van der Waals surface area contributed by atoms with Crippen molar-refractivity contribution in [3.05, 3.63) is 25.3 Å². The predicted octanol–water partition coefficient (Wildman–Crippen LogP) is -0.492. The Bertz CT molecular complexity index is 273. The van der Waals surface area contributed by atoms with Crippen LogP contribution in [0.1, 0.15) is 0 Å². The average molecular weight is 320 g/mol. The van der Waals surface area contributed by atoms with Gasteiger partial charge >= 0.3 is 0 Å². The number of hydrogen-bond acceptors (Lipinski definition) is 7. The van der Waals surface area contributed by atoms with Crippen LogP contribution in [0, 0.1) is 0 Å². The summed E-state index contributed by atoms with van der Waals surface area (Å²) < 4.78 is 21.5. The van der Waals surface area contributed by atoms with Gasteiger partial charge in [-0.15, -0.1) is 13.2 Å². The van der Waals surface area contributed by atoms with E-state index in [0.717, 1.165) is 0 Å². The van der Waals surface area contributed by atoms with E-state index in [4.69, 9.17) is 24.1 Å². The summed E-state index contributed by atoms with van der Waals surface area (Å²) in [4.78, 5) is 0. The maximum Gasteiger partial charge on any atom is 0.104 e. The molecule has 0 aromatic heterocycles. The summed E-state index contributed by atoms with van der Waals surface area (Å²) >= 11 is 0. The van der Waals surface area contributed by atoms with Crippen molar-refractivity contribution >= 4 is 0 Å². The summed E-state index contributed by atoms with van der Waals surface area (Å²) in [5, 5.41) is 27.3. The average Bonchev–Trinajstić information content (AvgIpc) is 2.54. The van der Waals surface area contributed by atoms with Gasteiger partial charge < -0.3 is 34.3 Å². The number of aliphatic hydroxyl groups excluding tert-OH is 3. The van der Waals surface area contributed by atoms with Crippen LogP contribution in [0.2, 0.25) is 0 Å². The molecule has 0 spiro atoms. The van der Waals surface area contributed by atoms with Crippen LogP contribution in [0.25, 0.3) is 0 Å². The van der Waals surface area contributed by atoms with E-state index in [2.05, 4.69) is 13.2 Å². The summed E-state index contributed by atoms with van der Waals surface area (Å²) in [6, 6.07) is 0. The van der Waals surface area contributed by atoms with Crippen LogP contribution >= 0.6 is 0 Å². The molecule has 0 aromatic rings. The lowest BCUT2D eigenvalue weighted by Gasteiger charge is -2.22. The maximum absolute atomic E-state index is 9.30. The Labute approximate surface area is 131 Å². The van der Waals surface area contributed by atoms with Crippen LogP contribution in [-0.4, -0.2) is 86.5 Å². The van der Waals surface area contributed by atoms with Gasteiger partial charge in [-0.3, -0.25) is 0 Å². The predicted molar refractivity (Wildman–Crippen MR) is 81.7 cm³/mol. The van der Waals surface area contributed by atoms with Crippen molar-refractivity contribution in [1.82, 2.24) is 0 Å². The molecule has 7 heteroatoms. The topological polar surface area (TPSA) is 97.6 Å². The van der Waals surface area contributed by atoms with Gasteiger partial charge in [-0.1, -0.05) is 12.2 Å². The molecule has 0 aliphatic heterocycles. The van der Waals surface area contributed by atoms with Crippen LogP contribution in [0.5, 0.6) is 0 Å². The highest BCUT2D eigenvalue weighted by atomic mass is 16.6. The van der Waals surface area contributed by atoms with Crippen molar-refractivity contribution in [2.75, 3.05) is 52.9 Å². The molecule has 0 saturated heterocycles. The molecule has 22 heavy (non-hydrogen) atoms. The molecule has 7 nitrogen and oxygen atoms in total. The molecule has 0 saturated carbocycles. The summed E-state index contributed by atoms with van der Waals surface area (Å²) in [6.07, 6.45) is 1.36. The Morgan fingerprint density at radius 1 is 0.773 bits per heavy atom. The largest absolute Gasteiger partial charge is 0.394 e. The summed E-state index contributed by atoms with van der Waals surface area (Å²) in [5.41, 5.74) is 0. The van der Waals surface area contributed by atoms with Crippen molar-refractivity contribution < 1.29 is 34.3 Å². The SMILES string of the molecule is C=CCOCC(CO)OCC(COCC=C)OCC(O)CO. The molecule has 3 atom stereocenters. The fraction of sp³-hybridized carbons (Fsp3) is 0.733. The monoisotopic (exact) mass is 320 g/mol. The normalized spacial score (nSPS) is 15.2. The molecule has 0 rings (SSSR count). The molecule has 3 N–H and O–H groups in total. The lowest BCUT2D eigenvalue weighted by atomic mass is 10.3. The first-order chi connectivity index (χ1) is 10.7. The van der Waals surface area contributed by atoms with Crippen molar-refractivity contribution in [2.24, 2.45) is 0 Å². The van der Waals surface area contributed by atoms with Crippen molar-refractivity contribution in [3.8, 4) is 0 Å². The summed E-state index contributed by atoms with van der Waals surface area (Å²) in [6.45, 7) is 7.88. The third-order valence-corrected chi connectivity index (χ3v) is 2.54. The van der Waals surface area contributed by atoms with E-state index in [9.17, 15) is 10.2 Å². The van der Waals surface area contributed by atoms with Crippen LogP contribution in [0.15, 0.2) is 25.3 Å². The Hall–Kier alpha value is -0.800. The first-order valence-corrected chi connectivity index (χ1v) is 7.18. The van der Waals surface area contributed by atoms with Crippen LogP contribution in [-0.2, 0) is 18.9 Å². The van der Waals surface area contributed by atoms with Gasteiger partial charge in [0.15, 0.2) is 0 Å². The van der Waals surface area contributed by atoms with Crippen molar-refractivity contribution in [3.63, 3.8) is 0 Å². The molecule has 0 amide bonds. The highest BCUT2D eigenvalue weighted by molar-refractivity contribution is 4.67. The van der Waals surface area contributed by atoms with Gasteiger partial charge in [0.2, 0.25) is 0 Å². The Balaban J connectivity index is 4.15. The minimum absolute atomic E-state index is 0.0290. The van der Waals surface area contributed by atoms with E-state index < -0.39 is 18.3 Å². The molecule has 3 unspecified atom stereocenters. The van der Waals surface area contributed by atoms with E-state index in [0.29, 0.717) is 13.2 Å². The fourth-order valence-electron chi connectivity index (χ4n) is 1.41. The summed E-state index contributed by atoms with van der Waals surface area (Å²) in [5.74, 6) is 0. The third kappa shape index (κ3) is 11.8. The van der Waals surface area contributed by atoms with E-state index in [1.807, 2.05) is 0 Å². The Morgan fingerprint density at radius 2 is 1.32 bits per heavy atom. The summed E-state index contributed by atoms with van der Waals surface area (Å²) in [7, 11) is 0. The van der Waals surface area contributed by atoms with E-state index in [1.165, 1.54) is 0 Å². The van der Waals surface area contributed by atoms with Gasteiger partial charge in [0, 0.05) is 0 Å². The molecule has 130 valence electrons. The molecule has 0 bridgehead atoms. The Morgan fingerprint density at radius 3 is 1.82 bits per heavy atom. The zero-order valence-electron chi connectivity index (χ0n) is 12.9. The minimum Gasteiger partial charge on any atom is -0.394 e. The second-order valence-corrected chi connectivity index (χ2v) is 4.58. The number of hydrogen-bond donors (Lipinski definition) is 3. The molecule has 0 heterocycles. The van der Waals surface area contributed by atoms with Crippen LogP contribution in [0.3, 0.4) is 0 Å². The van der Waals surface area contributed by atoms with E-state index in [-0.39, 0.29) is 39.6 Å². The van der Waals surface area contributed by atoms with Crippen molar-refractivity contribution in [1.29, 1.82) is 0 Å². The highest BCUT2D eigenvalue weighted by Crippen LogP contribution is 2.01. The molecule has 0 aliphatic carbocycles. The number of rotatable bonds is 16. The first kappa shape index (κ1) is 21.2. The Kier molecular flexibility index (Phi) is 14.6. The van der Waals surface area contributed by atoms with Gasteiger partial charge in [0.05, 0.1) is 52.9 Å². The number of ether oxygens (including phenoxy) is 4. The lowest BCUT2D eigenvalue weighted by Crippen LogP contribution is -2.34. The highest BCUT2D eigenvalue weighted by Gasteiger charge is 2.16. The van der Waals surface area contributed by atoms with Crippen LogP contribution < -0.4 is 0 Å². The molecule has 0 aromatic carbocycles. The first-order valence-electron chi connectivity index (χ1n) is 7.18. The quantitative estimate of drug-likeness (QED) is 0.261. The zero-order chi connectivity index (χ0) is 16.6. The molecule has 0 fully saturated rings.